The van der Waals surface area contributed by atoms with Gasteiger partial charge in [0.1, 0.15) is 5.69 Å². The zero-order chi connectivity index (χ0) is 16.4. The summed E-state index contributed by atoms with van der Waals surface area (Å²) < 4.78 is 24.0. The van der Waals surface area contributed by atoms with Gasteiger partial charge in [-0.1, -0.05) is 18.2 Å². The number of hydrogen-bond donors (Lipinski definition) is 1. The lowest BCUT2D eigenvalue weighted by atomic mass is 10.2. The van der Waals surface area contributed by atoms with Crippen LogP contribution in [0.15, 0.2) is 47.3 Å². The van der Waals surface area contributed by atoms with Crippen LogP contribution in [-0.2, 0) is 9.84 Å². The Morgan fingerprint density at radius 1 is 1.17 bits per heavy atom. The number of benzene rings is 1. The first-order valence-electron chi connectivity index (χ1n) is 7.12. The maximum Gasteiger partial charge on any atom is 0.271 e. The van der Waals surface area contributed by atoms with E-state index < -0.39 is 21.8 Å². The minimum absolute atomic E-state index is 0.0585. The number of rotatable bonds is 3. The molecular formula is C15H15N3O4S. The van der Waals surface area contributed by atoms with E-state index in [1.165, 1.54) is 12.1 Å². The first kappa shape index (κ1) is 15.4. The Morgan fingerprint density at radius 2 is 1.91 bits per heavy atom. The van der Waals surface area contributed by atoms with E-state index in [0.29, 0.717) is 12.1 Å². The molecule has 0 radical (unpaired) electrons. The molecule has 1 aromatic carbocycles. The van der Waals surface area contributed by atoms with Gasteiger partial charge in [-0.05, 0) is 24.6 Å². The summed E-state index contributed by atoms with van der Waals surface area (Å²) in [4.78, 5) is 24.1. The average Bonchev–Trinajstić information content (AvgIpc) is 2.87. The fourth-order valence-corrected chi connectivity index (χ4v) is 4.13. The SMILES string of the molecule is O=C(NC1CCS(=O)(=O)C1)c1ccc(=O)n(-c2ccccc2)n1. The smallest absolute Gasteiger partial charge is 0.271 e. The summed E-state index contributed by atoms with van der Waals surface area (Å²) in [6.45, 7) is 0. The average molecular weight is 333 g/mol. The van der Waals surface area contributed by atoms with Gasteiger partial charge in [-0.25, -0.2) is 8.42 Å². The van der Waals surface area contributed by atoms with Crippen LogP contribution in [0.4, 0.5) is 0 Å². The van der Waals surface area contributed by atoms with Gasteiger partial charge < -0.3 is 5.32 Å². The Morgan fingerprint density at radius 3 is 2.57 bits per heavy atom. The molecule has 0 bridgehead atoms. The molecule has 1 atom stereocenters. The van der Waals surface area contributed by atoms with Gasteiger partial charge in [0.05, 0.1) is 17.2 Å². The maximum atomic E-state index is 12.2. The highest BCUT2D eigenvalue weighted by Crippen LogP contribution is 2.12. The molecule has 1 unspecified atom stereocenters. The van der Waals surface area contributed by atoms with Crippen LogP contribution in [0.25, 0.3) is 5.69 Å². The molecule has 7 nitrogen and oxygen atoms in total. The molecule has 3 rings (SSSR count). The third-order valence-corrected chi connectivity index (χ3v) is 5.37. The van der Waals surface area contributed by atoms with E-state index in [1.54, 1.807) is 24.3 Å². The summed E-state index contributed by atoms with van der Waals surface area (Å²) in [6.07, 6.45) is 0.395. The lowest BCUT2D eigenvalue weighted by Crippen LogP contribution is -2.37. The Labute approximate surface area is 132 Å². The van der Waals surface area contributed by atoms with Crippen molar-refractivity contribution in [1.29, 1.82) is 0 Å². The molecule has 1 fully saturated rings. The number of amides is 1. The number of aromatic nitrogens is 2. The van der Waals surface area contributed by atoms with Crippen LogP contribution in [0, 0.1) is 0 Å². The van der Waals surface area contributed by atoms with Crippen molar-refractivity contribution < 1.29 is 13.2 Å². The molecule has 8 heteroatoms. The number of hydrogen-bond acceptors (Lipinski definition) is 5. The summed E-state index contributed by atoms with van der Waals surface area (Å²) in [5.74, 6) is -0.469. The van der Waals surface area contributed by atoms with Gasteiger partial charge in [0, 0.05) is 12.1 Å². The molecule has 2 heterocycles. The van der Waals surface area contributed by atoms with Crippen LogP contribution in [0.2, 0.25) is 0 Å². The summed E-state index contributed by atoms with van der Waals surface area (Å²) in [7, 11) is -3.07. The van der Waals surface area contributed by atoms with Crippen LogP contribution in [0.1, 0.15) is 16.9 Å². The normalized spacial score (nSPS) is 19.4. The molecule has 120 valence electrons. The van der Waals surface area contributed by atoms with Crippen molar-refractivity contribution in [2.45, 2.75) is 12.5 Å². The fourth-order valence-electron chi connectivity index (χ4n) is 2.45. The van der Waals surface area contributed by atoms with Crippen LogP contribution < -0.4 is 10.9 Å². The van der Waals surface area contributed by atoms with Gasteiger partial charge in [-0.2, -0.15) is 9.78 Å². The number of nitrogens with zero attached hydrogens (tertiary/aromatic N) is 2. The fraction of sp³-hybridized carbons (Fsp3) is 0.267. The molecule has 1 amide bonds. The molecule has 1 N–H and O–H groups in total. The van der Waals surface area contributed by atoms with E-state index in [0.717, 1.165) is 4.68 Å². The highest BCUT2D eigenvalue weighted by Gasteiger charge is 2.29. The van der Waals surface area contributed by atoms with E-state index in [9.17, 15) is 18.0 Å². The zero-order valence-electron chi connectivity index (χ0n) is 12.2. The lowest BCUT2D eigenvalue weighted by molar-refractivity contribution is 0.0934. The monoisotopic (exact) mass is 333 g/mol. The standard InChI is InChI=1S/C15H15N3O4S/c19-14-7-6-13(17-18(14)12-4-2-1-3-5-12)15(20)16-11-8-9-23(21,22)10-11/h1-7,11H,8-10H2,(H,16,20). The van der Waals surface area contributed by atoms with Gasteiger partial charge in [-0.3, -0.25) is 9.59 Å². The third-order valence-electron chi connectivity index (χ3n) is 3.60. The first-order valence-corrected chi connectivity index (χ1v) is 8.94. The molecule has 1 aliphatic heterocycles. The number of nitrogens with one attached hydrogen (secondary N) is 1. The number of sulfone groups is 1. The van der Waals surface area contributed by atoms with E-state index in [4.69, 9.17) is 0 Å². The van der Waals surface area contributed by atoms with Crippen LogP contribution >= 0.6 is 0 Å². The van der Waals surface area contributed by atoms with Crippen molar-refractivity contribution >= 4 is 15.7 Å². The van der Waals surface area contributed by atoms with E-state index >= 15 is 0 Å². The van der Waals surface area contributed by atoms with Gasteiger partial charge in [0.25, 0.3) is 11.5 Å². The van der Waals surface area contributed by atoms with Crippen molar-refractivity contribution in [1.82, 2.24) is 15.1 Å². The van der Waals surface area contributed by atoms with Crippen LogP contribution in [-0.4, -0.2) is 41.7 Å². The van der Waals surface area contributed by atoms with Gasteiger partial charge in [-0.15, -0.1) is 0 Å². The second-order valence-electron chi connectivity index (χ2n) is 5.38. The van der Waals surface area contributed by atoms with Gasteiger partial charge in [0.15, 0.2) is 9.84 Å². The lowest BCUT2D eigenvalue weighted by Gasteiger charge is -2.11. The van der Waals surface area contributed by atoms with Crippen molar-refractivity contribution in [2.75, 3.05) is 11.5 Å². The highest BCUT2D eigenvalue weighted by atomic mass is 32.2. The molecular weight excluding hydrogens is 318 g/mol. The summed E-state index contributed by atoms with van der Waals surface area (Å²) in [5, 5.41) is 6.72. The van der Waals surface area contributed by atoms with Crippen molar-refractivity contribution in [3.63, 3.8) is 0 Å². The number of para-hydroxylation sites is 1. The topological polar surface area (TPSA) is 98.1 Å². The van der Waals surface area contributed by atoms with Gasteiger partial charge >= 0.3 is 0 Å². The van der Waals surface area contributed by atoms with Crippen LogP contribution in [0.3, 0.4) is 0 Å². The summed E-state index contributed by atoms with van der Waals surface area (Å²) in [5.41, 5.74) is 0.268. The first-order chi connectivity index (χ1) is 10.9. The second kappa shape index (κ2) is 5.96. The minimum Gasteiger partial charge on any atom is -0.347 e. The minimum atomic E-state index is -3.07. The molecule has 1 aliphatic rings. The number of carbonyl (C=O) groups excluding carboxylic acids is 1. The molecule has 1 saturated heterocycles. The zero-order valence-corrected chi connectivity index (χ0v) is 13.0. The Balaban J connectivity index is 1.84. The predicted molar refractivity (Wildman–Crippen MR) is 84.4 cm³/mol. The van der Waals surface area contributed by atoms with Crippen LogP contribution in [0.5, 0.6) is 0 Å². The second-order valence-corrected chi connectivity index (χ2v) is 7.61. The largest absolute Gasteiger partial charge is 0.347 e. The van der Waals surface area contributed by atoms with E-state index in [1.807, 2.05) is 6.07 Å². The Bertz CT molecular complexity index is 890. The molecule has 1 aromatic heterocycles. The van der Waals surface area contributed by atoms with E-state index in [-0.39, 0.29) is 22.8 Å². The Hall–Kier alpha value is -2.48. The third kappa shape index (κ3) is 3.48. The predicted octanol–water partition coefficient (Wildman–Crippen LogP) is 0.149. The van der Waals surface area contributed by atoms with Crippen molar-refractivity contribution in [2.24, 2.45) is 0 Å². The van der Waals surface area contributed by atoms with Crippen molar-refractivity contribution in [3.05, 3.63) is 58.5 Å². The van der Waals surface area contributed by atoms with Crippen molar-refractivity contribution in [3.8, 4) is 5.69 Å². The highest BCUT2D eigenvalue weighted by molar-refractivity contribution is 7.91. The summed E-state index contributed by atoms with van der Waals surface area (Å²) in [6, 6.07) is 10.9. The van der Waals surface area contributed by atoms with Gasteiger partial charge in [0.2, 0.25) is 0 Å². The Kier molecular flexibility index (Phi) is 3.99. The molecule has 23 heavy (non-hydrogen) atoms. The molecule has 0 aliphatic carbocycles. The molecule has 2 aromatic rings. The maximum absolute atomic E-state index is 12.2. The summed E-state index contributed by atoms with van der Waals surface area (Å²) >= 11 is 0. The quantitative estimate of drug-likeness (QED) is 0.862. The van der Waals surface area contributed by atoms with E-state index in [2.05, 4.69) is 10.4 Å². The number of carbonyl (C=O) groups is 1. The molecule has 0 spiro atoms. The molecule has 0 saturated carbocycles.